The normalized spacial score (nSPS) is 27.9. The molecule has 1 heteroatoms. The summed E-state index contributed by atoms with van der Waals surface area (Å²) in [7, 11) is 0. The highest BCUT2D eigenvalue weighted by molar-refractivity contribution is 4.91. The zero-order chi connectivity index (χ0) is 12.2. The largest absolute Gasteiger partial charge is 0.311 e. The summed E-state index contributed by atoms with van der Waals surface area (Å²) in [6, 6.07) is 1.49. The Hall–Kier alpha value is -0.0400. The van der Waals surface area contributed by atoms with Gasteiger partial charge in [-0.2, -0.15) is 0 Å². The second-order valence-electron chi connectivity index (χ2n) is 6.45. The Morgan fingerprint density at radius 1 is 1.25 bits per heavy atom. The average molecular weight is 225 g/mol. The molecule has 1 fully saturated rings. The Balaban J connectivity index is 2.43. The summed E-state index contributed by atoms with van der Waals surface area (Å²) in [6.45, 7) is 11.9. The number of rotatable bonds is 6. The Morgan fingerprint density at radius 2 is 1.94 bits per heavy atom. The van der Waals surface area contributed by atoms with Gasteiger partial charge in [0.2, 0.25) is 0 Å². The zero-order valence-electron chi connectivity index (χ0n) is 12.0. The fourth-order valence-corrected chi connectivity index (χ4v) is 2.93. The van der Waals surface area contributed by atoms with Crippen molar-refractivity contribution in [2.45, 2.75) is 85.2 Å². The van der Waals surface area contributed by atoms with Crippen LogP contribution >= 0.6 is 0 Å². The van der Waals surface area contributed by atoms with Crippen molar-refractivity contribution >= 4 is 0 Å². The van der Waals surface area contributed by atoms with Gasteiger partial charge in [-0.15, -0.1) is 0 Å². The van der Waals surface area contributed by atoms with Crippen LogP contribution in [0.3, 0.4) is 0 Å². The average Bonchev–Trinajstić information content (AvgIpc) is 2.57. The first-order valence-electron chi connectivity index (χ1n) is 7.25. The predicted molar refractivity (Wildman–Crippen MR) is 72.7 cm³/mol. The lowest BCUT2D eigenvalue weighted by atomic mass is 9.86. The minimum atomic E-state index is 0.517. The van der Waals surface area contributed by atoms with Crippen LogP contribution in [0.1, 0.15) is 73.1 Å². The van der Waals surface area contributed by atoms with Gasteiger partial charge in [0.25, 0.3) is 0 Å². The Morgan fingerprint density at radius 3 is 2.38 bits per heavy atom. The molecule has 0 aromatic heterocycles. The highest BCUT2D eigenvalue weighted by atomic mass is 15.0. The van der Waals surface area contributed by atoms with Gasteiger partial charge in [-0.3, -0.25) is 0 Å². The summed E-state index contributed by atoms with van der Waals surface area (Å²) in [5, 5.41) is 3.92. The van der Waals surface area contributed by atoms with Gasteiger partial charge in [0, 0.05) is 12.1 Å². The molecule has 1 nitrogen and oxygen atoms in total. The van der Waals surface area contributed by atoms with E-state index in [1.165, 1.54) is 38.5 Å². The fraction of sp³-hybridized carbons (Fsp3) is 1.00. The quantitative estimate of drug-likeness (QED) is 0.708. The monoisotopic (exact) mass is 225 g/mol. The van der Waals surface area contributed by atoms with Gasteiger partial charge in [-0.25, -0.2) is 0 Å². The predicted octanol–water partition coefficient (Wildman–Crippen LogP) is 4.37. The molecule has 3 atom stereocenters. The molecule has 0 aromatic rings. The van der Waals surface area contributed by atoms with Crippen LogP contribution < -0.4 is 5.32 Å². The molecule has 1 aliphatic rings. The van der Waals surface area contributed by atoms with Crippen molar-refractivity contribution in [2.24, 2.45) is 11.3 Å². The van der Waals surface area contributed by atoms with Gasteiger partial charge < -0.3 is 5.32 Å². The Kier molecular flexibility index (Phi) is 5.30. The molecule has 0 aromatic carbocycles. The summed E-state index contributed by atoms with van der Waals surface area (Å²) in [5.74, 6) is 0.863. The summed E-state index contributed by atoms with van der Waals surface area (Å²) < 4.78 is 0. The van der Waals surface area contributed by atoms with Crippen LogP contribution in [0.4, 0.5) is 0 Å². The molecule has 3 unspecified atom stereocenters. The van der Waals surface area contributed by atoms with Crippen LogP contribution in [0.5, 0.6) is 0 Å². The first-order valence-corrected chi connectivity index (χ1v) is 7.25. The van der Waals surface area contributed by atoms with E-state index in [0.717, 1.165) is 18.0 Å². The second-order valence-corrected chi connectivity index (χ2v) is 6.45. The first-order chi connectivity index (χ1) is 7.49. The molecule has 1 saturated carbocycles. The van der Waals surface area contributed by atoms with Crippen LogP contribution in [-0.2, 0) is 0 Å². The molecule has 0 bridgehead atoms. The van der Waals surface area contributed by atoms with E-state index in [-0.39, 0.29) is 0 Å². The van der Waals surface area contributed by atoms with Crippen LogP contribution in [0.2, 0.25) is 0 Å². The van der Waals surface area contributed by atoms with Crippen molar-refractivity contribution in [2.75, 3.05) is 0 Å². The smallest absolute Gasteiger partial charge is 0.0121 e. The fourth-order valence-electron chi connectivity index (χ4n) is 2.93. The molecule has 16 heavy (non-hydrogen) atoms. The highest BCUT2D eigenvalue weighted by Crippen LogP contribution is 2.37. The molecule has 0 spiro atoms. The van der Waals surface area contributed by atoms with Crippen molar-refractivity contribution in [1.82, 2.24) is 5.32 Å². The third kappa shape index (κ3) is 3.76. The molecule has 1 aliphatic carbocycles. The summed E-state index contributed by atoms with van der Waals surface area (Å²) >= 11 is 0. The lowest BCUT2D eigenvalue weighted by molar-refractivity contribution is 0.242. The second kappa shape index (κ2) is 6.05. The van der Waals surface area contributed by atoms with Gasteiger partial charge in [0.05, 0.1) is 0 Å². The molecule has 1 N–H and O–H groups in total. The number of hydrogen-bond donors (Lipinski definition) is 1. The van der Waals surface area contributed by atoms with E-state index in [1.807, 2.05) is 0 Å². The van der Waals surface area contributed by atoms with Crippen molar-refractivity contribution in [3.8, 4) is 0 Å². The van der Waals surface area contributed by atoms with E-state index in [0.29, 0.717) is 5.41 Å². The minimum Gasteiger partial charge on any atom is -0.311 e. The van der Waals surface area contributed by atoms with Crippen LogP contribution in [0.25, 0.3) is 0 Å². The zero-order valence-corrected chi connectivity index (χ0v) is 12.0. The van der Waals surface area contributed by atoms with E-state index >= 15 is 0 Å². The van der Waals surface area contributed by atoms with Crippen LogP contribution in [0, 0.1) is 11.3 Å². The third-order valence-corrected chi connectivity index (χ3v) is 4.57. The van der Waals surface area contributed by atoms with Crippen molar-refractivity contribution in [3.05, 3.63) is 0 Å². The van der Waals surface area contributed by atoms with Gasteiger partial charge >= 0.3 is 0 Å². The standard InChI is InChI=1S/C15H31N/c1-6-12(3)11-13(7-2)16-14-9-8-10-15(14,4)5/h12-14,16H,6-11H2,1-5H3. The van der Waals surface area contributed by atoms with E-state index in [4.69, 9.17) is 0 Å². The molecular weight excluding hydrogens is 194 g/mol. The maximum Gasteiger partial charge on any atom is 0.0121 e. The number of nitrogens with one attached hydrogen (secondary N) is 1. The minimum absolute atomic E-state index is 0.517. The molecule has 1 rings (SSSR count). The van der Waals surface area contributed by atoms with E-state index in [1.54, 1.807) is 0 Å². The third-order valence-electron chi connectivity index (χ3n) is 4.57. The summed E-state index contributed by atoms with van der Waals surface area (Å²) in [5.41, 5.74) is 0.517. The maximum atomic E-state index is 3.92. The molecule has 96 valence electrons. The van der Waals surface area contributed by atoms with Crippen molar-refractivity contribution in [1.29, 1.82) is 0 Å². The molecule has 0 saturated heterocycles. The highest BCUT2D eigenvalue weighted by Gasteiger charge is 2.35. The van der Waals surface area contributed by atoms with E-state index in [9.17, 15) is 0 Å². The van der Waals surface area contributed by atoms with Crippen LogP contribution in [-0.4, -0.2) is 12.1 Å². The topological polar surface area (TPSA) is 12.0 Å². The first kappa shape index (κ1) is 14.0. The van der Waals surface area contributed by atoms with Crippen molar-refractivity contribution < 1.29 is 0 Å². The lowest BCUT2D eigenvalue weighted by Crippen LogP contribution is -2.44. The van der Waals surface area contributed by atoms with Gasteiger partial charge in [0.1, 0.15) is 0 Å². The molecule has 0 radical (unpaired) electrons. The molecule has 0 heterocycles. The SMILES string of the molecule is CCC(C)CC(CC)NC1CCCC1(C)C. The van der Waals surface area contributed by atoms with Gasteiger partial charge in [-0.1, -0.05) is 47.5 Å². The number of hydrogen-bond acceptors (Lipinski definition) is 1. The van der Waals surface area contributed by atoms with E-state index < -0.39 is 0 Å². The molecular formula is C15H31N. The Labute approximate surface area is 102 Å². The van der Waals surface area contributed by atoms with Gasteiger partial charge in [0.15, 0.2) is 0 Å². The van der Waals surface area contributed by atoms with E-state index in [2.05, 4.69) is 39.9 Å². The van der Waals surface area contributed by atoms with Gasteiger partial charge in [-0.05, 0) is 37.0 Å². The Bertz CT molecular complexity index is 198. The van der Waals surface area contributed by atoms with Crippen LogP contribution in [0.15, 0.2) is 0 Å². The maximum absolute atomic E-state index is 3.92. The summed E-state index contributed by atoms with van der Waals surface area (Å²) in [6.07, 6.45) is 8.11. The lowest BCUT2D eigenvalue weighted by Gasteiger charge is -2.32. The van der Waals surface area contributed by atoms with Crippen molar-refractivity contribution in [3.63, 3.8) is 0 Å². The summed E-state index contributed by atoms with van der Waals surface area (Å²) in [4.78, 5) is 0. The molecule has 0 amide bonds. The molecule has 0 aliphatic heterocycles.